The molecule has 0 unspecified atom stereocenters. The molecule has 1 saturated heterocycles. The molecule has 0 aromatic carbocycles. The molecule has 7 nitrogen and oxygen atoms in total. The van der Waals surface area contributed by atoms with Crippen LogP contribution in [-0.4, -0.2) is 53.8 Å². The first-order valence-electron chi connectivity index (χ1n) is 5.05. The fraction of sp³-hybridized carbons (Fsp3) is 0.444. The van der Waals surface area contributed by atoms with Crippen molar-refractivity contribution < 1.29 is 13.2 Å². The molecule has 1 aliphatic rings. The average Bonchev–Trinajstić information content (AvgIpc) is 2.28. The summed E-state index contributed by atoms with van der Waals surface area (Å²) in [4.78, 5) is 21.0. The second-order valence-electron chi connectivity index (χ2n) is 3.77. The zero-order valence-electron chi connectivity index (χ0n) is 9.04. The van der Waals surface area contributed by atoms with Crippen LogP contribution in [0.2, 0.25) is 0 Å². The fourth-order valence-electron chi connectivity index (χ4n) is 1.56. The molecule has 17 heavy (non-hydrogen) atoms. The first-order chi connectivity index (χ1) is 7.98. The van der Waals surface area contributed by atoms with Crippen molar-refractivity contribution in [2.24, 2.45) is 0 Å². The molecule has 0 bridgehead atoms. The summed E-state index contributed by atoms with van der Waals surface area (Å²) in [6, 6.07) is 0. The first kappa shape index (κ1) is 11.8. The molecule has 8 heteroatoms. The summed E-state index contributed by atoms with van der Waals surface area (Å²) >= 11 is 0. The second-order valence-corrected chi connectivity index (χ2v) is 6.08. The monoisotopic (exact) mass is 256 g/mol. The summed E-state index contributed by atoms with van der Waals surface area (Å²) in [5.41, 5.74) is 5.57. The van der Waals surface area contributed by atoms with Crippen LogP contribution >= 0.6 is 0 Å². The second kappa shape index (κ2) is 4.28. The Morgan fingerprint density at radius 1 is 1.29 bits per heavy atom. The van der Waals surface area contributed by atoms with E-state index in [0.717, 1.165) is 0 Å². The molecule has 92 valence electrons. The molecule has 0 saturated carbocycles. The molecule has 2 heterocycles. The third-order valence-electron chi connectivity index (χ3n) is 2.50. The molecule has 0 aliphatic carbocycles. The zero-order chi connectivity index (χ0) is 12.5. The number of hydrogen-bond acceptors (Lipinski definition) is 6. The highest BCUT2D eigenvalue weighted by atomic mass is 32.2. The minimum atomic E-state index is -2.99. The molecule has 2 N–H and O–H groups in total. The molecule has 1 fully saturated rings. The highest BCUT2D eigenvalue weighted by molar-refractivity contribution is 7.91. The lowest BCUT2D eigenvalue weighted by Crippen LogP contribution is -2.44. The van der Waals surface area contributed by atoms with Gasteiger partial charge in [0.2, 0.25) is 0 Å². The minimum Gasteiger partial charge on any atom is -0.382 e. The lowest BCUT2D eigenvalue weighted by molar-refractivity contribution is 0.0764. The Balaban J connectivity index is 2.12. The number of nitrogen functional groups attached to an aromatic ring is 1. The van der Waals surface area contributed by atoms with E-state index in [2.05, 4.69) is 9.97 Å². The summed E-state index contributed by atoms with van der Waals surface area (Å²) in [6.45, 7) is 0.384. The maximum Gasteiger partial charge on any atom is 0.274 e. The number of nitrogens with two attached hydrogens (primary N) is 1. The molecule has 2 rings (SSSR count). The normalized spacial score (nSPS) is 18.9. The van der Waals surface area contributed by atoms with Gasteiger partial charge in [-0.25, -0.2) is 13.4 Å². The third-order valence-corrected chi connectivity index (χ3v) is 4.11. The number of rotatable bonds is 1. The van der Waals surface area contributed by atoms with Gasteiger partial charge in [-0.05, 0) is 0 Å². The van der Waals surface area contributed by atoms with Gasteiger partial charge in [0.25, 0.3) is 5.91 Å². The summed E-state index contributed by atoms with van der Waals surface area (Å²) in [5, 5.41) is 0. The van der Waals surface area contributed by atoms with Crippen LogP contribution in [0.15, 0.2) is 12.4 Å². The van der Waals surface area contributed by atoms with Gasteiger partial charge in [0, 0.05) is 13.1 Å². The van der Waals surface area contributed by atoms with Crippen LogP contribution in [0, 0.1) is 0 Å². The predicted octanol–water partition coefficient (Wildman–Crippen LogP) is -1.07. The van der Waals surface area contributed by atoms with Crippen molar-refractivity contribution in [1.82, 2.24) is 14.9 Å². The van der Waals surface area contributed by atoms with E-state index in [9.17, 15) is 13.2 Å². The van der Waals surface area contributed by atoms with Crippen LogP contribution in [0.5, 0.6) is 0 Å². The summed E-state index contributed by atoms with van der Waals surface area (Å²) < 4.78 is 22.4. The van der Waals surface area contributed by atoms with Crippen molar-refractivity contribution in [3.05, 3.63) is 18.1 Å². The standard InChI is InChI=1S/C9H12N4O3S/c10-8-6-11-5-7(12-8)9(14)13-1-3-17(15,16)4-2-13/h5-6H,1-4H2,(H2,10,12). The molecular weight excluding hydrogens is 244 g/mol. The van der Waals surface area contributed by atoms with Crippen LogP contribution in [0.4, 0.5) is 5.82 Å². The number of amides is 1. The quantitative estimate of drug-likeness (QED) is 0.685. The lowest BCUT2D eigenvalue weighted by Gasteiger charge is -2.26. The largest absolute Gasteiger partial charge is 0.382 e. The molecule has 0 atom stereocenters. The van der Waals surface area contributed by atoms with E-state index < -0.39 is 9.84 Å². The van der Waals surface area contributed by atoms with Gasteiger partial charge in [-0.2, -0.15) is 0 Å². The topological polar surface area (TPSA) is 106 Å². The molecular formula is C9H12N4O3S. The zero-order valence-corrected chi connectivity index (χ0v) is 9.85. The molecule has 1 aliphatic heterocycles. The molecule has 0 radical (unpaired) electrons. The Hall–Kier alpha value is -1.70. The number of carbonyl (C=O) groups excluding carboxylic acids is 1. The van der Waals surface area contributed by atoms with Gasteiger partial charge < -0.3 is 10.6 Å². The number of carbonyl (C=O) groups is 1. The Morgan fingerprint density at radius 2 is 1.94 bits per heavy atom. The van der Waals surface area contributed by atoms with Crippen molar-refractivity contribution in [2.75, 3.05) is 30.3 Å². The van der Waals surface area contributed by atoms with Gasteiger partial charge in [-0.15, -0.1) is 0 Å². The van der Waals surface area contributed by atoms with E-state index in [1.807, 2.05) is 0 Å². The van der Waals surface area contributed by atoms with Gasteiger partial charge in [0.05, 0.1) is 23.9 Å². The van der Waals surface area contributed by atoms with E-state index in [1.54, 1.807) is 0 Å². The number of aromatic nitrogens is 2. The van der Waals surface area contributed by atoms with Crippen molar-refractivity contribution in [3.63, 3.8) is 0 Å². The van der Waals surface area contributed by atoms with E-state index in [-0.39, 0.29) is 42.0 Å². The van der Waals surface area contributed by atoms with Gasteiger partial charge in [0.15, 0.2) is 9.84 Å². The highest BCUT2D eigenvalue weighted by Crippen LogP contribution is 2.08. The minimum absolute atomic E-state index is 0.00547. The smallest absolute Gasteiger partial charge is 0.274 e. The van der Waals surface area contributed by atoms with Gasteiger partial charge in [0.1, 0.15) is 11.5 Å². The van der Waals surface area contributed by atoms with E-state index in [4.69, 9.17) is 5.73 Å². The molecule has 0 spiro atoms. The summed E-state index contributed by atoms with van der Waals surface area (Å²) in [6.07, 6.45) is 2.67. The first-order valence-corrected chi connectivity index (χ1v) is 6.87. The molecule has 1 aromatic heterocycles. The number of hydrogen-bond donors (Lipinski definition) is 1. The fourth-order valence-corrected chi connectivity index (χ4v) is 2.76. The van der Waals surface area contributed by atoms with Crippen LogP contribution in [0.1, 0.15) is 10.5 Å². The molecule has 1 aromatic rings. The highest BCUT2D eigenvalue weighted by Gasteiger charge is 2.26. The van der Waals surface area contributed by atoms with Crippen molar-refractivity contribution in [3.8, 4) is 0 Å². The predicted molar refractivity (Wildman–Crippen MR) is 61.0 cm³/mol. The van der Waals surface area contributed by atoms with Crippen molar-refractivity contribution in [2.45, 2.75) is 0 Å². The van der Waals surface area contributed by atoms with Crippen LogP contribution in [-0.2, 0) is 9.84 Å². The molecule has 1 amide bonds. The Morgan fingerprint density at radius 3 is 2.53 bits per heavy atom. The van der Waals surface area contributed by atoms with Crippen LogP contribution < -0.4 is 5.73 Å². The van der Waals surface area contributed by atoms with Crippen molar-refractivity contribution >= 4 is 21.6 Å². The lowest BCUT2D eigenvalue weighted by atomic mass is 10.3. The van der Waals surface area contributed by atoms with E-state index >= 15 is 0 Å². The van der Waals surface area contributed by atoms with Gasteiger partial charge in [-0.1, -0.05) is 0 Å². The average molecular weight is 256 g/mol. The number of sulfone groups is 1. The third kappa shape index (κ3) is 2.70. The van der Waals surface area contributed by atoms with Crippen LogP contribution in [0.25, 0.3) is 0 Å². The number of anilines is 1. The van der Waals surface area contributed by atoms with Gasteiger partial charge in [-0.3, -0.25) is 9.78 Å². The SMILES string of the molecule is Nc1cncc(C(=O)N2CCS(=O)(=O)CC2)n1. The van der Waals surface area contributed by atoms with E-state index in [1.165, 1.54) is 17.3 Å². The Labute approximate surface area is 98.6 Å². The Kier molecular flexibility index (Phi) is 2.97. The maximum atomic E-state index is 11.9. The van der Waals surface area contributed by atoms with E-state index in [0.29, 0.717) is 0 Å². The summed E-state index contributed by atoms with van der Waals surface area (Å²) in [5.74, 6) is -0.177. The summed E-state index contributed by atoms with van der Waals surface area (Å²) in [7, 11) is -2.99. The van der Waals surface area contributed by atoms with Crippen molar-refractivity contribution in [1.29, 1.82) is 0 Å². The Bertz CT molecular complexity index is 529. The number of nitrogens with zero attached hydrogens (tertiary/aromatic N) is 3. The van der Waals surface area contributed by atoms with Crippen LogP contribution in [0.3, 0.4) is 0 Å². The maximum absolute atomic E-state index is 11.9. The van der Waals surface area contributed by atoms with Gasteiger partial charge >= 0.3 is 0 Å².